The molecule has 0 aromatic rings. The van der Waals surface area contributed by atoms with Crippen molar-refractivity contribution in [2.45, 2.75) is 77.2 Å². The maximum Gasteiger partial charge on any atom is 0.0701 e. The fourth-order valence-corrected chi connectivity index (χ4v) is 2.76. The van der Waals surface area contributed by atoms with Crippen molar-refractivity contribution in [3.63, 3.8) is 0 Å². The van der Waals surface area contributed by atoms with Crippen molar-refractivity contribution in [2.75, 3.05) is 13.2 Å². The number of rotatable bonds is 12. The van der Waals surface area contributed by atoms with Crippen LogP contribution in [-0.2, 0) is 0 Å². The lowest BCUT2D eigenvalue weighted by molar-refractivity contribution is 0.189. The molecule has 124 valence electrons. The Hall–Kier alpha value is -0.280. The van der Waals surface area contributed by atoms with Gasteiger partial charge in [0, 0.05) is 6.54 Å². The summed E-state index contributed by atoms with van der Waals surface area (Å²) < 4.78 is 0. The highest BCUT2D eigenvalue weighted by Crippen LogP contribution is 2.13. The van der Waals surface area contributed by atoms with E-state index in [4.69, 9.17) is 0 Å². The number of nitrogens with zero attached hydrogens (tertiary/aromatic N) is 1. The smallest absolute Gasteiger partial charge is 0.0701 e. The molecule has 1 heterocycles. The van der Waals surface area contributed by atoms with Crippen LogP contribution in [0.5, 0.6) is 0 Å². The third-order valence-corrected chi connectivity index (χ3v) is 4.10. The van der Waals surface area contributed by atoms with Gasteiger partial charge < -0.3 is 10.0 Å². The lowest BCUT2D eigenvalue weighted by Gasteiger charge is -2.28. The number of hydrogen-bond acceptors (Lipinski definition) is 2. The van der Waals surface area contributed by atoms with E-state index in [1.165, 1.54) is 64.2 Å². The molecule has 21 heavy (non-hydrogen) atoms. The van der Waals surface area contributed by atoms with Crippen LogP contribution in [0.25, 0.3) is 0 Å². The highest BCUT2D eigenvalue weighted by atomic mass is 79.9. The summed E-state index contributed by atoms with van der Waals surface area (Å²) in [5.41, 5.74) is 0. The molecule has 0 aromatic carbocycles. The highest BCUT2D eigenvalue weighted by Gasteiger charge is 2.12. The van der Waals surface area contributed by atoms with E-state index < -0.39 is 0 Å². The molecule has 0 spiro atoms. The summed E-state index contributed by atoms with van der Waals surface area (Å²) in [5, 5.41) is 9.30. The molecule has 0 fully saturated rings. The Balaban J connectivity index is 0.00000400. The van der Waals surface area contributed by atoms with Crippen LogP contribution in [0.15, 0.2) is 24.4 Å². The van der Waals surface area contributed by atoms with Crippen LogP contribution in [0, 0.1) is 0 Å². The third kappa shape index (κ3) is 10.1. The van der Waals surface area contributed by atoms with E-state index in [2.05, 4.69) is 30.2 Å². The number of allylic oxidation sites excluding steroid dienone is 2. The lowest BCUT2D eigenvalue weighted by atomic mass is 10.1. The molecule has 1 N–H and O–H groups in total. The van der Waals surface area contributed by atoms with Crippen LogP contribution < -0.4 is 0 Å². The van der Waals surface area contributed by atoms with Gasteiger partial charge in [-0.1, -0.05) is 76.9 Å². The Bertz CT molecular complexity index is 278. The first-order valence-electron chi connectivity index (χ1n) is 8.60. The average Bonchev–Trinajstić information content (AvgIpc) is 2.49. The topological polar surface area (TPSA) is 23.5 Å². The molecule has 0 saturated carbocycles. The largest absolute Gasteiger partial charge is 0.394 e. The van der Waals surface area contributed by atoms with Crippen molar-refractivity contribution >= 4 is 17.0 Å². The predicted octanol–water partition coefficient (Wildman–Crippen LogP) is 5.23. The molecule has 0 aromatic heterocycles. The molecule has 2 nitrogen and oxygen atoms in total. The molecule has 0 aliphatic carbocycles. The van der Waals surface area contributed by atoms with Crippen LogP contribution in [0.3, 0.4) is 0 Å². The monoisotopic (exact) mass is 359 g/mol. The third-order valence-electron chi connectivity index (χ3n) is 4.10. The Morgan fingerprint density at radius 1 is 0.857 bits per heavy atom. The maximum absolute atomic E-state index is 9.30. The van der Waals surface area contributed by atoms with Crippen molar-refractivity contribution in [2.24, 2.45) is 0 Å². The van der Waals surface area contributed by atoms with E-state index in [1.807, 2.05) is 6.08 Å². The average molecular weight is 360 g/mol. The Morgan fingerprint density at radius 2 is 1.43 bits per heavy atom. The van der Waals surface area contributed by atoms with Gasteiger partial charge in [0.2, 0.25) is 0 Å². The van der Waals surface area contributed by atoms with E-state index >= 15 is 0 Å². The van der Waals surface area contributed by atoms with Crippen molar-refractivity contribution in [1.29, 1.82) is 0 Å². The van der Waals surface area contributed by atoms with Crippen molar-refractivity contribution in [3.05, 3.63) is 24.4 Å². The van der Waals surface area contributed by atoms with E-state index in [0.717, 1.165) is 6.54 Å². The second kappa shape index (κ2) is 14.6. The number of halogens is 1. The summed E-state index contributed by atoms with van der Waals surface area (Å²) in [7, 11) is 0. The van der Waals surface area contributed by atoms with Gasteiger partial charge in [-0.05, 0) is 18.7 Å². The van der Waals surface area contributed by atoms with Gasteiger partial charge in [-0.25, -0.2) is 0 Å². The Kier molecular flexibility index (Phi) is 14.5. The van der Waals surface area contributed by atoms with Gasteiger partial charge in [0.15, 0.2) is 0 Å². The molecule has 1 rings (SSSR count). The minimum absolute atomic E-state index is 0. The summed E-state index contributed by atoms with van der Waals surface area (Å²) >= 11 is 0. The molecule has 1 aliphatic heterocycles. The second-order valence-corrected chi connectivity index (χ2v) is 5.90. The van der Waals surface area contributed by atoms with Crippen LogP contribution >= 0.6 is 17.0 Å². The molecule has 0 bridgehead atoms. The SMILES string of the molecule is Br.CCCCCCCCCCCCN1C=CC=CC1CO. The minimum Gasteiger partial charge on any atom is -0.394 e. The molecule has 1 atom stereocenters. The molecule has 3 heteroatoms. The van der Waals surface area contributed by atoms with Crippen molar-refractivity contribution in [1.82, 2.24) is 4.90 Å². The maximum atomic E-state index is 9.30. The summed E-state index contributed by atoms with van der Waals surface area (Å²) in [6.45, 7) is 3.57. The van der Waals surface area contributed by atoms with Gasteiger partial charge in [0.25, 0.3) is 0 Å². The standard InChI is InChI=1S/C18H33NO.BrH/c1-2-3-4-5-6-7-8-9-10-12-15-19-16-13-11-14-18(19)17-20;/h11,13-14,16,18,20H,2-10,12,15,17H2,1H3;1H. The fourth-order valence-electron chi connectivity index (χ4n) is 2.76. The first-order chi connectivity index (χ1) is 9.88. The zero-order valence-electron chi connectivity index (χ0n) is 13.7. The Labute approximate surface area is 142 Å². The molecule has 0 radical (unpaired) electrons. The summed E-state index contributed by atoms with van der Waals surface area (Å²) in [5.74, 6) is 0. The van der Waals surface area contributed by atoms with Crippen LogP contribution in [0.4, 0.5) is 0 Å². The van der Waals surface area contributed by atoms with Gasteiger partial charge in [0.05, 0.1) is 12.6 Å². The van der Waals surface area contributed by atoms with Crippen LogP contribution in [0.1, 0.15) is 71.1 Å². The van der Waals surface area contributed by atoms with Gasteiger partial charge in [-0.3, -0.25) is 0 Å². The summed E-state index contributed by atoms with van der Waals surface area (Å²) in [4.78, 5) is 2.25. The van der Waals surface area contributed by atoms with Crippen molar-refractivity contribution in [3.8, 4) is 0 Å². The second-order valence-electron chi connectivity index (χ2n) is 5.90. The number of unbranched alkanes of at least 4 members (excludes halogenated alkanes) is 9. The first-order valence-corrected chi connectivity index (χ1v) is 8.60. The van der Waals surface area contributed by atoms with Gasteiger partial charge in [-0.15, -0.1) is 17.0 Å². The predicted molar refractivity (Wildman–Crippen MR) is 98.0 cm³/mol. The normalized spacial score (nSPS) is 17.0. The molecular formula is C18H34BrNO. The van der Waals surface area contributed by atoms with E-state index in [0.29, 0.717) is 0 Å². The van der Waals surface area contributed by atoms with E-state index in [9.17, 15) is 5.11 Å². The van der Waals surface area contributed by atoms with Crippen LogP contribution in [0.2, 0.25) is 0 Å². The zero-order chi connectivity index (χ0) is 14.5. The van der Waals surface area contributed by atoms with E-state index in [1.54, 1.807) is 0 Å². The summed E-state index contributed by atoms with van der Waals surface area (Å²) in [6, 6.07) is 0.193. The van der Waals surface area contributed by atoms with Gasteiger partial charge in [-0.2, -0.15) is 0 Å². The van der Waals surface area contributed by atoms with Gasteiger partial charge in [0.1, 0.15) is 0 Å². The molecular weight excluding hydrogens is 326 g/mol. The first kappa shape index (κ1) is 20.7. The van der Waals surface area contributed by atoms with Crippen molar-refractivity contribution < 1.29 is 5.11 Å². The highest BCUT2D eigenvalue weighted by molar-refractivity contribution is 8.93. The Morgan fingerprint density at radius 3 is 2.00 bits per heavy atom. The number of aliphatic hydroxyl groups is 1. The summed E-state index contributed by atoms with van der Waals surface area (Å²) in [6.07, 6.45) is 22.0. The van der Waals surface area contributed by atoms with E-state index in [-0.39, 0.29) is 29.6 Å². The molecule has 1 aliphatic rings. The molecule has 0 amide bonds. The number of aliphatic hydroxyl groups excluding tert-OH is 1. The van der Waals surface area contributed by atoms with Crippen LogP contribution in [-0.4, -0.2) is 29.2 Å². The molecule has 0 saturated heterocycles. The van der Waals surface area contributed by atoms with Gasteiger partial charge >= 0.3 is 0 Å². The molecule has 1 unspecified atom stereocenters. The minimum atomic E-state index is 0. The number of hydrogen-bond donors (Lipinski definition) is 1. The quantitative estimate of drug-likeness (QED) is 0.482. The lowest BCUT2D eigenvalue weighted by Crippen LogP contribution is -2.34. The fraction of sp³-hybridized carbons (Fsp3) is 0.778. The zero-order valence-corrected chi connectivity index (χ0v) is 15.4.